The molecule has 29 heavy (non-hydrogen) atoms. The Balaban J connectivity index is 1.43. The number of piperidine rings is 1. The molecule has 1 aromatic heterocycles. The number of aryl methyl sites for hydroxylation is 2. The van der Waals surface area contributed by atoms with Crippen LogP contribution in [0, 0.1) is 13.8 Å². The number of nitrogens with zero attached hydrogens (tertiary/aromatic N) is 2. The molecule has 1 aliphatic heterocycles. The quantitative estimate of drug-likeness (QED) is 0.748. The summed E-state index contributed by atoms with van der Waals surface area (Å²) in [6.07, 6.45) is 4.34. The number of pyridine rings is 1. The Morgan fingerprint density at radius 2 is 2.00 bits per heavy atom. The summed E-state index contributed by atoms with van der Waals surface area (Å²) < 4.78 is 32.4. The highest BCUT2D eigenvalue weighted by atomic mass is 32.2. The fourth-order valence-electron chi connectivity index (χ4n) is 3.31. The number of amides is 1. The minimum absolute atomic E-state index is 0.0245. The molecule has 1 fully saturated rings. The van der Waals surface area contributed by atoms with E-state index >= 15 is 0 Å². The van der Waals surface area contributed by atoms with Crippen LogP contribution in [0.1, 0.15) is 30.4 Å². The summed E-state index contributed by atoms with van der Waals surface area (Å²) in [5, 5.41) is 2.99. The van der Waals surface area contributed by atoms with Gasteiger partial charge in [0.25, 0.3) is 0 Å². The molecule has 0 saturated carbocycles. The summed E-state index contributed by atoms with van der Waals surface area (Å²) in [5.74, 6) is 0.718. The van der Waals surface area contributed by atoms with Crippen LogP contribution >= 0.6 is 0 Å². The van der Waals surface area contributed by atoms with Crippen molar-refractivity contribution in [3.05, 3.63) is 53.9 Å². The van der Waals surface area contributed by atoms with Crippen LogP contribution in [0.5, 0.6) is 5.75 Å². The second-order valence-corrected chi connectivity index (χ2v) is 9.24. The zero-order chi connectivity index (χ0) is 20.9. The maximum Gasteiger partial charge on any atom is 0.244 e. The molecule has 0 bridgehead atoms. The SMILES string of the molecule is Cc1ccc(C)c(OCCC(=O)NC2CCN(S(=O)(=O)c3cccnc3)CC2)c1. The molecule has 0 aliphatic carbocycles. The first-order chi connectivity index (χ1) is 13.9. The molecule has 2 heterocycles. The highest BCUT2D eigenvalue weighted by molar-refractivity contribution is 7.89. The van der Waals surface area contributed by atoms with E-state index in [1.54, 1.807) is 18.3 Å². The zero-order valence-corrected chi connectivity index (χ0v) is 17.6. The summed E-state index contributed by atoms with van der Waals surface area (Å²) >= 11 is 0. The highest BCUT2D eigenvalue weighted by Crippen LogP contribution is 2.21. The number of carbonyl (C=O) groups excluding carboxylic acids is 1. The van der Waals surface area contributed by atoms with Gasteiger partial charge in [0.15, 0.2) is 0 Å². The van der Waals surface area contributed by atoms with Crippen molar-refractivity contribution in [3.8, 4) is 5.75 Å². The zero-order valence-electron chi connectivity index (χ0n) is 16.8. The van der Waals surface area contributed by atoms with E-state index in [0.717, 1.165) is 16.9 Å². The molecule has 7 nitrogen and oxygen atoms in total. The monoisotopic (exact) mass is 417 g/mol. The molecule has 3 rings (SSSR count). The lowest BCUT2D eigenvalue weighted by molar-refractivity contribution is -0.122. The molecule has 0 unspecified atom stereocenters. The Kier molecular flexibility index (Phi) is 6.87. The summed E-state index contributed by atoms with van der Waals surface area (Å²) in [6.45, 7) is 5.04. The van der Waals surface area contributed by atoms with Crippen LogP contribution in [0.15, 0.2) is 47.6 Å². The predicted molar refractivity (Wildman–Crippen MR) is 110 cm³/mol. The average Bonchev–Trinajstić information content (AvgIpc) is 2.71. The summed E-state index contributed by atoms with van der Waals surface area (Å²) in [7, 11) is -3.53. The van der Waals surface area contributed by atoms with Gasteiger partial charge >= 0.3 is 0 Å². The van der Waals surface area contributed by atoms with E-state index < -0.39 is 10.0 Å². The topological polar surface area (TPSA) is 88.6 Å². The summed E-state index contributed by atoms with van der Waals surface area (Å²) in [5.41, 5.74) is 2.15. The van der Waals surface area contributed by atoms with Gasteiger partial charge in [-0.05, 0) is 56.0 Å². The number of hydrogen-bond acceptors (Lipinski definition) is 5. The van der Waals surface area contributed by atoms with Crippen molar-refractivity contribution in [2.45, 2.75) is 44.0 Å². The van der Waals surface area contributed by atoms with Gasteiger partial charge in [-0.1, -0.05) is 12.1 Å². The molecule has 156 valence electrons. The average molecular weight is 418 g/mol. The van der Waals surface area contributed by atoms with Crippen molar-refractivity contribution in [2.24, 2.45) is 0 Å². The predicted octanol–water partition coefficient (Wildman–Crippen LogP) is 2.44. The van der Waals surface area contributed by atoms with Gasteiger partial charge in [0, 0.05) is 31.5 Å². The van der Waals surface area contributed by atoms with Gasteiger partial charge < -0.3 is 10.1 Å². The number of aromatic nitrogens is 1. The third-order valence-corrected chi connectivity index (χ3v) is 6.90. The van der Waals surface area contributed by atoms with E-state index in [1.165, 1.54) is 10.5 Å². The lowest BCUT2D eigenvalue weighted by atomic mass is 10.1. The molecule has 1 aromatic carbocycles. The van der Waals surface area contributed by atoms with Crippen molar-refractivity contribution in [3.63, 3.8) is 0 Å². The Hall–Kier alpha value is -2.45. The van der Waals surface area contributed by atoms with E-state index in [1.807, 2.05) is 32.0 Å². The summed E-state index contributed by atoms with van der Waals surface area (Å²) in [4.78, 5) is 16.3. The molecule has 0 radical (unpaired) electrons. The minimum Gasteiger partial charge on any atom is -0.493 e. The van der Waals surface area contributed by atoms with Crippen LogP contribution in [0.25, 0.3) is 0 Å². The van der Waals surface area contributed by atoms with E-state index in [0.29, 0.717) is 32.5 Å². The Bertz CT molecular complexity index is 940. The van der Waals surface area contributed by atoms with Crippen LogP contribution in [0.4, 0.5) is 0 Å². The molecule has 2 aromatic rings. The highest BCUT2D eigenvalue weighted by Gasteiger charge is 2.30. The number of rotatable bonds is 7. The van der Waals surface area contributed by atoms with Gasteiger partial charge in [-0.25, -0.2) is 8.42 Å². The number of sulfonamides is 1. The van der Waals surface area contributed by atoms with E-state index in [-0.39, 0.29) is 23.3 Å². The first-order valence-electron chi connectivity index (χ1n) is 9.76. The number of ether oxygens (including phenoxy) is 1. The van der Waals surface area contributed by atoms with Crippen molar-refractivity contribution in [1.82, 2.24) is 14.6 Å². The number of nitrogens with one attached hydrogen (secondary N) is 1. The van der Waals surface area contributed by atoms with E-state index in [9.17, 15) is 13.2 Å². The molecule has 1 aliphatic rings. The van der Waals surface area contributed by atoms with Crippen LogP contribution in [-0.4, -0.2) is 49.4 Å². The third-order valence-electron chi connectivity index (χ3n) is 5.02. The first-order valence-corrected chi connectivity index (χ1v) is 11.2. The molecule has 1 N–H and O–H groups in total. The minimum atomic E-state index is -3.53. The number of benzene rings is 1. The first kappa shape index (κ1) is 21.3. The molecule has 1 amide bonds. The standard InChI is InChI=1S/C21H27N3O4S/c1-16-5-6-17(2)20(14-16)28-13-9-21(25)23-18-7-11-24(12-8-18)29(26,27)19-4-3-10-22-15-19/h3-6,10,14-15,18H,7-9,11-13H2,1-2H3,(H,23,25). The van der Waals surface area contributed by atoms with Gasteiger partial charge in [-0.15, -0.1) is 0 Å². The van der Waals surface area contributed by atoms with Gasteiger partial charge in [0.2, 0.25) is 15.9 Å². The lowest BCUT2D eigenvalue weighted by Gasteiger charge is -2.31. The Labute approximate surface area is 172 Å². The molecule has 8 heteroatoms. The maximum atomic E-state index is 12.6. The largest absolute Gasteiger partial charge is 0.493 e. The normalized spacial score (nSPS) is 15.8. The molecule has 0 atom stereocenters. The molecule has 0 spiro atoms. The Morgan fingerprint density at radius 3 is 2.69 bits per heavy atom. The van der Waals surface area contributed by atoms with Crippen LogP contribution in [0.2, 0.25) is 0 Å². The van der Waals surface area contributed by atoms with Crippen molar-refractivity contribution < 1.29 is 17.9 Å². The van der Waals surface area contributed by atoms with Gasteiger partial charge in [-0.3, -0.25) is 9.78 Å². The van der Waals surface area contributed by atoms with Crippen LogP contribution in [-0.2, 0) is 14.8 Å². The van der Waals surface area contributed by atoms with Gasteiger partial charge in [-0.2, -0.15) is 4.31 Å². The fourth-order valence-corrected chi connectivity index (χ4v) is 4.74. The molecular weight excluding hydrogens is 390 g/mol. The number of hydrogen-bond donors (Lipinski definition) is 1. The Morgan fingerprint density at radius 1 is 1.24 bits per heavy atom. The van der Waals surface area contributed by atoms with Crippen LogP contribution < -0.4 is 10.1 Å². The van der Waals surface area contributed by atoms with E-state index in [4.69, 9.17) is 4.74 Å². The van der Waals surface area contributed by atoms with Crippen molar-refractivity contribution >= 4 is 15.9 Å². The van der Waals surface area contributed by atoms with Crippen molar-refractivity contribution in [2.75, 3.05) is 19.7 Å². The summed E-state index contributed by atoms with van der Waals surface area (Å²) in [6, 6.07) is 9.12. The molecular formula is C21H27N3O4S. The second kappa shape index (κ2) is 9.37. The van der Waals surface area contributed by atoms with Gasteiger partial charge in [0.1, 0.15) is 10.6 Å². The fraction of sp³-hybridized carbons (Fsp3) is 0.429. The van der Waals surface area contributed by atoms with Gasteiger partial charge in [0.05, 0.1) is 13.0 Å². The van der Waals surface area contributed by atoms with E-state index in [2.05, 4.69) is 10.3 Å². The maximum absolute atomic E-state index is 12.6. The lowest BCUT2D eigenvalue weighted by Crippen LogP contribution is -2.46. The number of carbonyl (C=O) groups is 1. The smallest absolute Gasteiger partial charge is 0.244 e. The van der Waals surface area contributed by atoms with Crippen molar-refractivity contribution in [1.29, 1.82) is 0 Å². The second-order valence-electron chi connectivity index (χ2n) is 7.30. The third kappa shape index (κ3) is 5.55. The molecule has 1 saturated heterocycles. The van der Waals surface area contributed by atoms with Crippen LogP contribution in [0.3, 0.4) is 0 Å².